The molecule has 0 amide bonds. The molecule has 0 radical (unpaired) electrons. The van der Waals surface area contributed by atoms with E-state index in [1.807, 2.05) is 0 Å². The van der Waals surface area contributed by atoms with E-state index in [9.17, 15) is 4.21 Å². The first-order valence-electron chi connectivity index (χ1n) is 5.64. The summed E-state index contributed by atoms with van der Waals surface area (Å²) in [6, 6.07) is 0. The lowest BCUT2D eigenvalue weighted by atomic mass is 10.2. The summed E-state index contributed by atoms with van der Waals surface area (Å²) < 4.78 is 10.9. The van der Waals surface area contributed by atoms with Crippen molar-refractivity contribution in [1.82, 2.24) is 9.97 Å². The Hall–Kier alpha value is -0.970. The fourth-order valence-electron chi connectivity index (χ4n) is 1.99. The summed E-state index contributed by atoms with van der Waals surface area (Å²) in [7, 11) is -0.695. The van der Waals surface area contributed by atoms with Gasteiger partial charge in [0.2, 0.25) is 0 Å². The van der Waals surface area contributed by atoms with Gasteiger partial charge in [-0.2, -0.15) is 0 Å². The van der Waals surface area contributed by atoms with Crippen LogP contribution in [-0.4, -0.2) is 32.7 Å². The summed E-state index contributed by atoms with van der Waals surface area (Å²) >= 11 is 0. The summed E-state index contributed by atoms with van der Waals surface area (Å²) in [5, 5.41) is 3.31. The van der Waals surface area contributed by atoms with Crippen LogP contribution >= 0.6 is 0 Å². The van der Waals surface area contributed by atoms with Crippen molar-refractivity contribution in [3.8, 4) is 0 Å². The van der Waals surface area contributed by atoms with E-state index in [1.54, 1.807) is 12.6 Å². The number of nitrogens with one attached hydrogen (secondary N) is 1. The monoisotopic (exact) mass is 239 g/mol. The zero-order valence-corrected chi connectivity index (χ0v) is 10.3. The second kappa shape index (κ2) is 5.39. The van der Waals surface area contributed by atoms with Crippen molar-refractivity contribution in [2.75, 3.05) is 23.9 Å². The number of rotatable bonds is 5. The third-order valence-corrected chi connectivity index (χ3v) is 3.64. The molecule has 1 aliphatic rings. The first-order valence-corrected chi connectivity index (χ1v) is 7.37. The highest BCUT2D eigenvalue weighted by Crippen LogP contribution is 2.24. The highest BCUT2D eigenvalue weighted by molar-refractivity contribution is 7.84. The van der Waals surface area contributed by atoms with E-state index in [-0.39, 0.29) is 0 Å². The summed E-state index contributed by atoms with van der Waals surface area (Å²) in [6.45, 7) is 0.836. The molecule has 0 aliphatic heterocycles. The Kier molecular flexibility index (Phi) is 3.88. The average Bonchev–Trinajstić information content (AvgIpc) is 2.72. The standard InChI is InChI=1S/C11H17N3OS/c1-16(15)7-3-6-12-11-9-4-2-5-10(9)13-8-14-11/h8H,2-7H2,1H3,(H,12,13,14). The predicted octanol–water partition coefficient (Wildman–Crippen LogP) is 1.15. The number of hydrogen-bond donors (Lipinski definition) is 1. The fraction of sp³-hybridized carbons (Fsp3) is 0.636. The van der Waals surface area contributed by atoms with Gasteiger partial charge in [0.15, 0.2) is 0 Å². The number of hydrogen-bond acceptors (Lipinski definition) is 4. The van der Waals surface area contributed by atoms with E-state index in [1.165, 1.54) is 17.7 Å². The van der Waals surface area contributed by atoms with E-state index in [0.717, 1.165) is 37.4 Å². The van der Waals surface area contributed by atoms with Crippen LogP contribution in [0.4, 0.5) is 5.82 Å². The van der Waals surface area contributed by atoms with Gasteiger partial charge in [-0.1, -0.05) is 0 Å². The van der Waals surface area contributed by atoms with Crippen molar-refractivity contribution in [3.63, 3.8) is 0 Å². The molecule has 4 nitrogen and oxygen atoms in total. The molecule has 1 aromatic heterocycles. The van der Waals surface area contributed by atoms with Crippen molar-refractivity contribution in [2.45, 2.75) is 25.7 Å². The van der Waals surface area contributed by atoms with Gasteiger partial charge in [0.05, 0.1) is 0 Å². The van der Waals surface area contributed by atoms with Crippen LogP contribution in [0, 0.1) is 0 Å². The topological polar surface area (TPSA) is 54.9 Å². The molecule has 0 bridgehead atoms. The maximum absolute atomic E-state index is 10.9. The second-order valence-corrected chi connectivity index (χ2v) is 5.61. The Morgan fingerprint density at radius 1 is 1.44 bits per heavy atom. The van der Waals surface area contributed by atoms with E-state index in [2.05, 4.69) is 15.3 Å². The number of nitrogens with zero attached hydrogens (tertiary/aromatic N) is 2. The molecule has 0 fully saturated rings. The molecule has 1 heterocycles. The number of aryl methyl sites for hydroxylation is 1. The van der Waals surface area contributed by atoms with Crippen LogP contribution in [0.25, 0.3) is 0 Å². The van der Waals surface area contributed by atoms with Gasteiger partial charge in [0.1, 0.15) is 12.1 Å². The Morgan fingerprint density at radius 2 is 2.31 bits per heavy atom. The third-order valence-electron chi connectivity index (χ3n) is 2.78. The van der Waals surface area contributed by atoms with E-state index >= 15 is 0 Å². The Labute approximate surface area is 98.3 Å². The number of fused-ring (bicyclic) bond motifs is 1. The lowest BCUT2D eigenvalue weighted by Gasteiger charge is -2.08. The van der Waals surface area contributed by atoms with Crippen molar-refractivity contribution < 1.29 is 4.21 Å². The van der Waals surface area contributed by atoms with Crippen LogP contribution in [0.2, 0.25) is 0 Å². The Balaban J connectivity index is 1.90. The van der Waals surface area contributed by atoms with Gasteiger partial charge < -0.3 is 5.32 Å². The summed E-state index contributed by atoms with van der Waals surface area (Å²) in [5.41, 5.74) is 2.47. The van der Waals surface area contributed by atoms with E-state index in [4.69, 9.17) is 0 Å². The molecule has 1 unspecified atom stereocenters. The predicted molar refractivity (Wildman–Crippen MR) is 66.1 cm³/mol. The normalized spacial score (nSPS) is 15.8. The third kappa shape index (κ3) is 2.78. The van der Waals surface area contributed by atoms with Crippen molar-refractivity contribution in [2.24, 2.45) is 0 Å². The van der Waals surface area contributed by atoms with Crippen LogP contribution in [0.1, 0.15) is 24.1 Å². The zero-order valence-electron chi connectivity index (χ0n) is 9.53. The number of anilines is 1. The molecule has 0 spiro atoms. The van der Waals surface area contributed by atoms with Crippen LogP contribution in [0.3, 0.4) is 0 Å². The minimum atomic E-state index is -0.695. The lowest BCUT2D eigenvalue weighted by Crippen LogP contribution is -2.09. The second-order valence-electron chi connectivity index (χ2n) is 4.06. The molecule has 1 N–H and O–H groups in total. The maximum atomic E-state index is 10.9. The lowest BCUT2D eigenvalue weighted by molar-refractivity contribution is 0.685. The van der Waals surface area contributed by atoms with Gasteiger partial charge in [-0.3, -0.25) is 4.21 Å². The van der Waals surface area contributed by atoms with Gasteiger partial charge >= 0.3 is 0 Å². The Bertz CT molecular complexity index is 395. The van der Waals surface area contributed by atoms with Crippen LogP contribution in [0.15, 0.2) is 6.33 Å². The molecule has 16 heavy (non-hydrogen) atoms. The largest absolute Gasteiger partial charge is 0.370 e. The van der Waals surface area contributed by atoms with Gasteiger partial charge in [-0.15, -0.1) is 0 Å². The Morgan fingerprint density at radius 3 is 3.12 bits per heavy atom. The zero-order chi connectivity index (χ0) is 11.4. The van der Waals surface area contributed by atoms with Crippen LogP contribution in [-0.2, 0) is 23.6 Å². The first-order chi connectivity index (χ1) is 7.77. The highest BCUT2D eigenvalue weighted by Gasteiger charge is 2.16. The molecule has 0 saturated heterocycles. The SMILES string of the molecule is CS(=O)CCCNc1ncnc2c1CCC2. The molecule has 0 aromatic carbocycles. The molecule has 1 aliphatic carbocycles. The van der Waals surface area contributed by atoms with Gasteiger partial charge in [0.25, 0.3) is 0 Å². The average molecular weight is 239 g/mol. The summed E-state index contributed by atoms with van der Waals surface area (Å²) in [6.07, 6.45) is 7.63. The minimum absolute atomic E-state index is 0.695. The molecule has 88 valence electrons. The quantitative estimate of drug-likeness (QED) is 0.783. The van der Waals surface area contributed by atoms with Crippen molar-refractivity contribution in [3.05, 3.63) is 17.6 Å². The van der Waals surface area contributed by atoms with Crippen molar-refractivity contribution in [1.29, 1.82) is 0 Å². The molecular weight excluding hydrogens is 222 g/mol. The fourth-order valence-corrected chi connectivity index (χ4v) is 2.54. The smallest absolute Gasteiger partial charge is 0.132 e. The van der Waals surface area contributed by atoms with Crippen LogP contribution in [0.5, 0.6) is 0 Å². The van der Waals surface area contributed by atoms with Gasteiger partial charge in [-0.05, 0) is 25.7 Å². The first kappa shape index (κ1) is 11.5. The molecule has 1 atom stereocenters. The van der Waals surface area contributed by atoms with Crippen molar-refractivity contribution >= 4 is 16.6 Å². The van der Waals surface area contributed by atoms with Gasteiger partial charge in [0, 0.05) is 40.6 Å². The molecule has 2 rings (SSSR count). The summed E-state index contributed by atoms with van der Waals surface area (Å²) in [4.78, 5) is 8.55. The molecule has 5 heteroatoms. The highest BCUT2D eigenvalue weighted by atomic mass is 32.2. The molecular formula is C11H17N3OS. The minimum Gasteiger partial charge on any atom is -0.370 e. The maximum Gasteiger partial charge on any atom is 0.132 e. The van der Waals surface area contributed by atoms with Gasteiger partial charge in [-0.25, -0.2) is 9.97 Å². The molecule has 1 aromatic rings. The summed E-state index contributed by atoms with van der Waals surface area (Å²) in [5.74, 6) is 1.73. The van der Waals surface area contributed by atoms with E-state index < -0.39 is 10.8 Å². The number of aromatic nitrogens is 2. The molecule has 0 saturated carbocycles. The van der Waals surface area contributed by atoms with E-state index in [0.29, 0.717) is 0 Å². The van der Waals surface area contributed by atoms with Crippen LogP contribution < -0.4 is 5.32 Å².